The lowest BCUT2D eigenvalue weighted by Crippen LogP contribution is -1.96. The molecule has 2 aromatic carbocycles. The summed E-state index contributed by atoms with van der Waals surface area (Å²) in [4.78, 5) is 11.9. The van der Waals surface area contributed by atoms with Crippen molar-refractivity contribution in [2.24, 2.45) is 0 Å². The third-order valence-corrected chi connectivity index (χ3v) is 3.72. The van der Waals surface area contributed by atoms with E-state index in [4.69, 9.17) is 0 Å². The molecule has 20 heavy (non-hydrogen) atoms. The highest BCUT2D eigenvalue weighted by molar-refractivity contribution is 9.10. The maximum atomic E-state index is 12.9. The number of carbonyl (C=O) groups excluding carboxylic acids is 1. The molecule has 1 N–H and O–H groups in total. The van der Waals surface area contributed by atoms with Gasteiger partial charge in [0.05, 0.1) is 5.69 Å². The molecule has 0 saturated heterocycles. The van der Waals surface area contributed by atoms with E-state index in [0.29, 0.717) is 15.7 Å². The highest BCUT2D eigenvalue weighted by Gasteiger charge is 2.02. The zero-order valence-corrected chi connectivity index (χ0v) is 13.4. The van der Waals surface area contributed by atoms with Crippen molar-refractivity contribution in [1.29, 1.82) is 0 Å². The van der Waals surface area contributed by atoms with Gasteiger partial charge in [-0.05, 0) is 58.4 Å². The van der Waals surface area contributed by atoms with E-state index in [0.717, 1.165) is 4.47 Å². The summed E-state index contributed by atoms with van der Waals surface area (Å²) >= 11 is 6.55. The number of hydrogen-bond acceptors (Lipinski definition) is 2. The number of allylic oxidation sites excluding steroid dienone is 1. The van der Waals surface area contributed by atoms with E-state index < -0.39 is 0 Å². The molecular weight excluding hydrogens is 389 g/mol. The maximum absolute atomic E-state index is 12.9. The van der Waals surface area contributed by atoms with Gasteiger partial charge in [0.2, 0.25) is 0 Å². The summed E-state index contributed by atoms with van der Waals surface area (Å²) in [5.74, 6) is -0.430. The Hall–Kier alpha value is -1.46. The monoisotopic (exact) mass is 397 g/mol. The van der Waals surface area contributed by atoms with E-state index in [9.17, 15) is 9.18 Å². The standard InChI is InChI=1S/C15H10Br2FNO/c16-11-3-1-10(2-4-11)15(20)7-8-19-14-6-5-12(18)9-13(14)17/h1-9,19H. The molecule has 0 spiro atoms. The van der Waals surface area contributed by atoms with Crippen molar-refractivity contribution >= 4 is 43.3 Å². The smallest absolute Gasteiger partial charge is 0.187 e. The summed E-state index contributed by atoms with van der Waals surface area (Å²) < 4.78 is 14.4. The lowest BCUT2D eigenvalue weighted by atomic mass is 10.1. The molecule has 2 aromatic rings. The summed E-state index contributed by atoms with van der Waals surface area (Å²) in [6, 6.07) is 11.4. The summed E-state index contributed by atoms with van der Waals surface area (Å²) in [5, 5.41) is 2.93. The molecule has 0 amide bonds. The first-order chi connectivity index (χ1) is 9.56. The zero-order valence-electron chi connectivity index (χ0n) is 10.2. The third-order valence-electron chi connectivity index (χ3n) is 2.53. The minimum atomic E-state index is -0.322. The van der Waals surface area contributed by atoms with Crippen LogP contribution in [0.5, 0.6) is 0 Å². The summed E-state index contributed by atoms with van der Waals surface area (Å²) in [6.45, 7) is 0. The number of benzene rings is 2. The molecule has 102 valence electrons. The molecule has 0 radical (unpaired) electrons. The van der Waals surface area contributed by atoms with Crippen molar-refractivity contribution in [2.75, 3.05) is 5.32 Å². The van der Waals surface area contributed by atoms with Crippen LogP contribution < -0.4 is 5.32 Å². The zero-order chi connectivity index (χ0) is 14.5. The first-order valence-electron chi connectivity index (χ1n) is 5.74. The van der Waals surface area contributed by atoms with E-state index >= 15 is 0 Å². The Morgan fingerprint density at radius 3 is 2.45 bits per heavy atom. The number of carbonyl (C=O) groups is 1. The maximum Gasteiger partial charge on any atom is 0.187 e. The van der Waals surface area contributed by atoms with Gasteiger partial charge in [0.1, 0.15) is 5.82 Å². The van der Waals surface area contributed by atoms with Crippen molar-refractivity contribution < 1.29 is 9.18 Å². The van der Waals surface area contributed by atoms with Crippen molar-refractivity contribution in [3.05, 3.63) is 75.1 Å². The van der Waals surface area contributed by atoms with Crippen LogP contribution >= 0.6 is 31.9 Å². The fourth-order valence-electron chi connectivity index (χ4n) is 1.52. The largest absolute Gasteiger partial charge is 0.361 e. The Morgan fingerprint density at radius 1 is 1.10 bits per heavy atom. The lowest BCUT2D eigenvalue weighted by Gasteiger charge is -2.03. The minimum Gasteiger partial charge on any atom is -0.361 e. The molecule has 5 heteroatoms. The molecule has 0 unspecified atom stereocenters. The number of anilines is 1. The van der Waals surface area contributed by atoms with Gasteiger partial charge in [-0.25, -0.2) is 4.39 Å². The molecule has 0 saturated carbocycles. The van der Waals surface area contributed by atoms with Gasteiger partial charge in [0.25, 0.3) is 0 Å². The van der Waals surface area contributed by atoms with Gasteiger partial charge < -0.3 is 5.32 Å². The Balaban J connectivity index is 2.02. The average Bonchev–Trinajstić information content (AvgIpc) is 2.42. The van der Waals surface area contributed by atoms with Crippen molar-refractivity contribution in [2.45, 2.75) is 0 Å². The molecule has 0 bridgehead atoms. The van der Waals surface area contributed by atoms with Crippen molar-refractivity contribution in [1.82, 2.24) is 0 Å². The Labute approximate surface area is 133 Å². The molecule has 0 aliphatic heterocycles. The Morgan fingerprint density at radius 2 is 1.80 bits per heavy atom. The van der Waals surface area contributed by atoms with Gasteiger partial charge in [-0.3, -0.25) is 4.79 Å². The predicted octanol–water partition coefficient (Wildman–Crippen LogP) is 5.16. The average molecular weight is 399 g/mol. The third kappa shape index (κ3) is 4.02. The van der Waals surface area contributed by atoms with Crippen molar-refractivity contribution in [3.63, 3.8) is 0 Å². The van der Waals surface area contributed by atoms with Crippen LogP contribution in [0.2, 0.25) is 0 Å². The van der Waals surface area contributed by atoms with Crippen LogP contribution in [0.4, 0.5) is 10.1 Å². The van der Waals surface area contributed by atoms with E-state index in [1.165, 1.54) is 24.4 Å². The van der Waals surface area contributed by atoms with E-state index in [-0.39, 0.29) is 11.6 Å². The Kier molecular flexibility index (Phi) is 5.09. The van der Waals surface area contributed by atoms with Crippen LogP contribution in [-0.4, -0.2) is 5.78 Å². The second kappa shape index (κ2) is 6.81. The number of halogens is 3. The molecule has 0 aliphatic rings. The van der Waals surface area contributed by atoms with Gasteiger partial charge in [0, 0.05) is 26.8 Å². The van der Waals surface area contributed by atoms with Crippen LogP contribution in [0.3, 0.4) is 0 Å². The van der Waals surface area contributed by atoms with E-state index in [2.05, 4.69) is 37.2 Å². The number of nitrogens with one attached hydrogen (secondary N) is 1. The van der Waals surface area contributed by atoms with Crippen LogP contribution in [0, 0.1) is 5.82 Å². The minimum absolute atomic E-state index is 0.108. The molecule has 2 nitrogen and oxygen atoms in total. The fraction of sp³-hybridized carbons (Fsp3) is 0. The summed E-state index contributed by atoms with van der Waals surface area (Å²) in [6.07, 6.45) is 2.96. The van der Waals surface area contributed by atoms with Crippen LogP contribution in [0.25, 0.3) is 0 Å². The van der Waals surface area contributed by atoms with Gasteiger partial charge >= 0.3 is 0 Å². The topological polar surface area (TPSA) is 29.1 Å². The summed E-state index contributed by atoms with van der Waals surface area (Å²) in [7, 11) is 0. The Bertz CT molecular complexity index is 653. The first kappa shape index (κ1) is 14.9. The number of hydrogen-bond donors (Lipinski definition) is 1. The highest BCUT2D eigenvalue weighted by atomic mass is 79.9. The molecule has 0 aromatic heterocycles. The van der Waals surface area contributed by atoms with Crippen LogP contribution in [0.15, 0.2) is 63.7 Å². The van der Waals surface area contributed by atoms with Gasteiger partial charge in [-0.1, -0.05) is 15.9 Å². The van der Waals surface area contributed by atoms with E-state index in [1.807, 2.05) is 12.1 Å². The second-order valence-corrected chi connectivity index (χ2v) is 5.74. The number of ketones is 1. The molecular formula is C15H10Br2FNO. The van der Waals surface area contributed by atoms with Crippen LogP contribution in [0.1, 0.15) is 10.4 Å². The second-order valence-electron chi connectivity index (χ2n) is 3.97. The van der Waals surface area contributed by atoms with Gasteiger partial charge in [-0.15, -0.1) is 0 Å². The van der Waals surface area contributed by atoms with Crippen LogP contribution in [-0.2, 0) is 0 Å². The van der Waals surface area contributed by atoms with Gasteiger partial charge in [0.15, 0.2) is 5.78 Å². The number of rotatable bonds is 4. The van der Waals surface area contributed by atoms with Crippen molar-refractivity contribution in [3.8, 4) is 0 Å². The first-order valence-corrected chi connectivity index (χ1v) is 7.33. The van der Waals surface area contributed by atoms with E-state index in [1.54, 1.807) is 18.2 Å². The predicted molar refractivity (Wildman–Crippen MR) is 85.3 cm³/mol. The highest BCUT2D eigenvalue weighted by Crippen LogP contribution is 2.23. The summed E-state index contributed by atoms with van der Waals surface area (Å²) in [5.41, 5.74) is 1.29. The lowest BCUT2D eigenvalue weighted by molar-refractivity contribution is 0.104. The molecule has 0 fully saturated rings. The quantitative estimate of drug-likeness (QED) is 0.569. The molecule has 0 atom stereocenters. The molecule has 0 aliphatic carbocycles. The SMILES string of the molecule is O=C(C=CNc1ccc(F)cc1Br)c1ccc(Br)cc1. The van der Waals surface area contributed by atoms with Gasteiger partial charge in [-0.2, -0.15) is 0 Å². The normalized spacial score (nSPS) is 10.8. The fourth-order valence-corrected chi connectivity index (χ4v) is 2.25. The molecule has 2 rings (SSSR count). The molecule has 0 heterocycles.